The van der Waals surface area contributed by atoms with Gasteiger partial charge in [-0.05, 0) is 20.8 Å². The Bertz CT molecular complexity index is 55.7. The predicted octanol–water partition coefficient (Wildman–Crippen LogP) is 1.08. The molecule has 0 aromatic heterocycles. The van der Waals surface area contributed by atoms with E-state index in [1.807, 2.05) is 20.8 Å². The van der Waals surface area contributed by atoms with Gasteiger partial charge >= 0.3 is 7.32 Å². The Morgan fingerprint density at radius 1 is 0.800 bits per heavy atom. The zero-order valence-electron chi connectivity index (χ0n) is 6.92. The molecule has 0 saturated carbocycles. The molecule has 0 spiro atoms. The minimum atomic E-state index is -0.472. The molecule has 0 aliphatic heterocycles. The fourth-order valence-electron chi connectivity index (χ4n) is 0.553. The van der Waals surface area contributed by atoms with Crippen LogP contribution in [0.25, 0.3) is 0 Å². The molecule has 0 N–H and O–H groups in total. The highest BCUT2D eigenvalue weighted by Crippen LogP contribution is 1.90. The number of hydrogen-bond acceptors (Lipinski definition) is 3. The van der Waals surface area contributed by atoms with E-state index in [2.05, 4.69) is 0 Å². The van der Waals surface area contributed by atoms with Crippen molar-refractivity contribution in [1.82, 2.24) is 0 Å². The summed E-state index contributed by atoms with van der Waals surface area (Å²) in [5.41, 5.74) is 0. The van der Waals surface area contributed by atoms with Crippen molar-refractivity contribution in [2.75, 3.05) is 19.8 Å². The van der Waals surface area contributed by atoms with Gasteiger partial charge in [-0.15, -0.1) is 0 Å². The molecule has 0 amide bonds. The lowest BCUT2D eigenvalue weighted by Crippen LogP contribution is -2.27. The lowest BCUT2D eigenvalue weighted by molar-refractivity contribution is 0.107. The van der Waals surface area contributed by atoms with E-state index in [0.29, 0.717) is 19.8 Å². The van der Waals surface area contributed by atoms with Gasteiger partial charge in [-0.25, -0.2) is 0 Å². The Hall–Kier alpha value is -0.0551. The molecule has 0 atom stereocenters. The molecule has 0 rings (SSSR count). The fourth-order valence-corrected chi connectivity index (χ4v) is 0.553. The highest BCUT2D eigenvalue weighted by molar-refractivity contribution is 6.36. The topological polar surface area (TPSA) is 27.7 Å². The minimum Gasteiger partial charge on any atom is -0.386 e. The third kappa shape index (κ3) is 4.79. The van der Waals surface area contributed by atoms with Gasteiger partial charge in [0, 0.05) is 19.8 Å². The van der Waals surface area contributed by atoms with E-state index in [-0.39, 0.29) is 0 Å². The molecule has 0 heterocycles. The van der Waals surface area contributed by atoms with Gasteiger partial charge in [0.2, 0.25) is 0 Å². The molecule has 0 fully saturated rings. The smallest absolute Gasteiger partial charge is 0.386 e. The average Bonchev–Trinajstić information content (AvgIpc) is 1.90. The van der Waals surface area contributed by atoms with E-state index >= 15 is 0 Å². The van der Waals surface area contributed by atoms with Crippen molar-refractivity contribution in [1.29, 1.82) is 0 Å². The van der Waals surface area contributed by atoms with E-state index in [9.17, 15) is 0 Å². The second-order valence-corrected chi connectivity index (χ2v) is 1.65. The summed E-state index contributed by atoms with van der Waals surface area (Å²) in [6.45, 7) is 7.57. The zero-order chi connectivity index (χ0) is 7.82. The number of rotatable bonds is 6. The molecule has 60 valence electrons. The number of hydrogen-bond donors (Lipinski definition) is 0. The first-order valence-electron chi connectivity index (χ1n) is 3.69. The van der Waals surface area contributed by atoms with Crippen LogP contribution in [0.15, 0.2) is 0 Å². The van der Waals surface area contributed by atoms with Gasteiger partial charge in [-0.2, -0.15) is 0 Å². The molecule has 0 unspecified atom stereocenters. The first-order valence-corrected chi connectivity index (χ1v) is 3.69. The van der Waals surface area contributed by atoms with Crippen molar-refractivity contribution in [3.05, 3.63) is 0 Å². The van der Waals surface area contributed by atoms with E-state index in [4.69, 9.17) is 14.0 Å². The average molecular weight is 136 g/mol. The van der Waals surface area contributed by atoms with Crippen LogP contribution in [-0.4, -0.2) is 27.1 Å². The predicted molar refractivity (Wildman–Crippen MR) is 40.6 cm³/mol. The molecule has 10 heavy (non-hydrogen) atoms. The van der Waals surface area contributed by atoms with Crippen molar-refractivity contribution in [3.8, 4) is 0 Å². The lowest BCUT2D eigenvalue weighted by Gasteiger charge is -2.09. The summed E-state index contributed by atoms with van der Waals surface area (Å²) in [6.07, 6.45) is 0. The lowest BCUT2D eigenvalue weighted by atomic mass is 0.801. The second kappa shape index (κ2) is 7.06. The Morgan fingerprint density at radius 3 is 1.30 bits per heavy atom. The van der Waals surface area contributed by atoms with Crippen molar-refractivity contribution in [3.63, 3.8) is 0 Å². The van der Waals surface area contributed by atoms with Crippen LogP contribution in [0, 0.1) is 0 Å². The van der Waals surface area contributed by atoms with Crippen LogP contribution in [0.1, 0.15) is 20.8 Å². The van der Waals surface area contributed by atoms with Crippen LogP contribution >= 0.6 is 0 Å². The van der Waals surface area contributed by atoms with Crippen molar-refractivity contribution < 1.29 is 14.0 Å². The van der Waals surface area contributed by atoms with Gasteiger partial charge in [-0.1, -0.05) is 0 Å². The molecule has 0 aromatic rings. The molecular weight excluding hydrogens is 121 g/mol. The van der Waals surface area contributed by atoms with E-state index < -0.39 is 7.32 Å². The van der Waals surface area contributed by atoms with Crippen LogP contribution in [0.2, 0.25) is 0 Å². The first kappa shape index (κ1) is 9.94. The Morgan fingerprint density at radius 2 is 1.10 bits per heavy atom. The maximum atomic E-state index is 5.08. The Balaban J connectivity index is 3.30. The molecule has 3 nitrogen and oxygen atoms in total. The third-order valence-corrected chi connectivity index (χ3v) is 0.908. The zero-order valence-corrected chi connectivity index (χ0v) is 6.92. The highest BCUT2D eigenvalue weighted by Gasteiger charge is 2.17. The van der Waals surface area contributed by atoms with Gasteiger partial charge in [0.15, 0.2) is 0 Å². The summed E-state index contributed by atoms with van der Waals surface area (Å²) in [5, 5.41) is 0. The van der Waals surface area contributed by atoms with Crippen LogP contribution in [0.5, 0.6) is 0 Å². The van der Waals surface area contributed by atoms with Crippen molar-refractivity contribution in [2.45, 2.75) is 20.8 Å². The molecule has 0 aliphatic rings. The van der Waals surface area contributed by atoms with Crippen molar-refractivity contribution >= 4 is 7.32 Å². The highest BCUT2D eigenvalue weighted by atomic mass is 16.4. The van der Waals surface area contributed by atoms with E-state index in [0.717, 1.165) is 0 Å². The van der Waals surface area contributed by atoms with Gasteiger partial charge in [0.25, 0.3) is 0 Å². The van der Waals surface area contributed by atoms with Gasteiger partial charge < -0.3 is 14.0 Å². The minimum absolute atomic E-state index is 0.472. The summed E-state index contributed by atoms with van der Waals surface area (Å²) in [5.74, 6) is 0. The maximum Gasteiger partial charge on any atom is 0.639 e. The fraction of sp³-hybridized carbons (Fsp3) is 1.00. The summed E-state index contributed by atoms with van der Waals surface area (Å²) >= 11 is 0. The molecule has 0 saturated heterocycles. The van der Waals surface area contributed by atoms with Crippen LogP contribution < -0.4 is 0 Å². The van der Waals surface area contributed by atoms with Crippen LogP contribution in [0.4, 0.5) is 0 Å². The monoisotopic (exact) mass is 136 g/mol. The largest absolute Gasteiger partial charge is 0.639 e. The molecule has 0 radical (unpaired) electrons. The molecule has 0 bridgehead atoms. The van der Waals surface area contributed by atoms with Crippen LogP contribution in [-0.2, 0) is 14.0 Å². The SMILES string of the molecule is CCO[1B](OCC)OCC. The van der Waals surface area contributed by atoms with Gasteiger partial charge in [0.1, 0.15) is 0 Å². The molecule has 4 heteroatoms. The summed E-state index contributed by atoms with van der Waals surface area (Å²) in [6, 6.07) is 0. The second-order valence-electron chi connectivity index (χ2n) is 1.65. The van der Waals surface area contributed by atoms with Gasteiger partial charge in [0.05, 0.1) is 0 Å². The standard InChI is InChI=1S/C6H15BO3/c1-4-8-7(9-5-2)10-6-3/h4-6H2,1-3H3/i7-10. The molecule has 0 aliphatic carbocycles. The van der Waals surface area contributed by atoms with E-state index in [1.54, 1.807) is 0 Å². The quantitative estimate of drug-likeness (QED) is 0.511. The Labute approximate surface area is 62.8 Å². The normalized spacial score (nSPS) is 9.90. The maximum absolute atomic E-state index is 5.08. The Kier molecular flexibility index (Phi) is 7.02. The van der Waals surface area contributed by atoms with Crippen LogP contribution in [0.3, 0.4) is 0 Å². The molecular formula is C6H15BO3. The summed E-state index contributed by atoms with van der Waals surface area (Å²) in [4.78, 5) is 0. The molecule has 0 aromatic carbocycles. The first-order chi connectivity index (χ1) is 4.85. The summed E-state index contributed by atoms with van der Waals surface area (Å²) < 4.78 is 15.2. The third-order valence-electron chi connectivity index (χ3n) is 0.908. The van der Waals surface area contributed by atoms with E-state index in [1.165, 1.54) is 0 Å². The van der Waals surface area contributed by atoms with Crippen molar-refractivity contribution in [2.24, 2.45) is 0 Å². The van der Waals surface area contributed by atoms with Gasteiger partial charge in [-0.3, -0.25) is 0 Å². The summed E-state index contributed by atoms with van der Waals surface area (Å²) in [7, 11) is -0.472.